The van der Waals surface area contributed by atoms with Gasteiger partial charge in [-0.3, -0.25) is 9.88 Å². The fraction of sp³-hybridized carbons (Fsp3) is 0.346. The van der Waals surface area contributed by atoms with Crippen LogP contribution in [0, 0.1) is 6.92 Å². The molecule has 1 fully saturated rings. The molecule has 0 amide bonds. The minimum Gasteiger partial charge on any atom is -0.471 e. The monoisotopic (exact) mass is 429 g/mol. The third-order valence-electron chi connectivity index (χ3n) is 6.49. The zero-order valence-electron chi connectivity index (χ0n) is 18.1. The topological polar surface area (TPSA) is 75.6 Å². The van der Waals surface area contributed by atoms with Crippen LogP contribution >= 0.6 is 0 Å². The number of aliphatic hydroxyl groups is 1. The number of aromatic nitrogens is 2. The minimum absolute atomic E-state index is 0.250. The van der Waals surface area contributed by atoms with Gasteiger partial charge in [0.2, 0.25) is 5.88 Å². The van der Waals surface area contributed by atoms with Gasteiger partial charge in [0.1, 0.15) is 12.4 Å². The molecule has 3 atom stereocenters. The van der Waals surface area contributed by atoms with Gasteiger partial charge in [-0.2, -0.15) is 0 Å². The Bertz CT molecular complexity index is 1120. The third kappa shape index (κ3) is 4.04. The van der Waals surface area contributed by atoms with Crippen LogP contribution in [0.1, 0.15) is 47.7 Å². The van der Waals surface area contributed by atoms with Crippen LogP contribution < -0.4 is 4.74 Å². The van der Waals surface area contributed by atoms with Crippen molar-refractivity contribution < 1.29 is 14.6 Å². The summed E-state index contributed by atoms with van der Waals surface area (Å²) >= 11 is 0. The van der Waals surface area contributed by atoms with Crippen LogP contribution in [-0.2, 0) is 17.9 Å². The molecule has 0 radical (unpaired) electrons. The lowest BCUT2D eigenvalue weighted by molar-refractivity contribution is -0.112. The molecule has 164 valence electrons. The van der Waals surface area contributed by atoms with Gasteiger partial charge in [-0.05, 0) is 66.6 Å². The fourth-order valence-electron chi connectivity index (χ4n) is 4.80. The highest BCUT2D eigenvalue weighted by atomic mass is 16.5. The normalized spacial score (nSPS) is 22.6. The van der Waals surface area contributed by atoms with E-state index in [2.05, 4.69) is 45.2 Å². The Balaban J connectivity index is 1.34. The van der Waals surface area contributed by atoms with Crippen molar-refractivity contribution in [2.24, 2.45) is 0 Å². The molecule has 1 aromatic carbocycles. The lowest BCUT2D eigenvalue weighted by Crippen LogP contribution is -2.27. The number of hydrogen-bond donors (Lipinski definition) is 1. The second-order valence-corrected chi connectivity index (χ2v) is 8.71. The standard InChI is InChI=1S/C26H27N3O3/c1-17-13-20(9-11-27-17)19-7-5-18(6-8-19)14-29-15-21-10-12-28-26(25(21)22(29)16-30)32-24-4-2-3-23(24)31/h5-13,16,22-24,31H,2-4,14-15H2,1H3/t22?,23-,24-/m1/s1. The van der Waals surface area contributed by atoms with E-state index in [0.29, 0.717) is 19.0 Å². The van der Waals surface area contributed by atoms with Crippen LogP contribution in [0.15, 0.2) is 54.9 Å². The molecular formula is C26H27N3O3. The number of ether oxygens (including phenoxy) is 1. The molecule has 32 heavy (non-hydrogen) atoms. The fourth-order valence-corrected chi connectivity index (χ4v) is 4.80. The molecule has 6 heteroatoms. The molecule has 1 unspecified atom stereocenters. The molecule has 1 aliphatic heterocycles. The number of pyridine rings is 2. The van der Waals surface area contributed by atoms with Crippen LogP contribution in [0.3, 0.4) is 0 Å². The molecule has 3 heterocycles. The SMILES string of the molecule is Cc1cc(-c2ccc(CN3Cc4ccnc(O[C@@H]5CCC[C@H]5O)c4C3C=O)cc2)ccn1. The number of aliphatic hydroxyl groups excluding tert-OH is 1. The van der Waals surface area contributed by atoms with Gasteiger partial charge in [-0.1, -0.05) is 24.3 Å². The van der Waals surface area contributed by atoms with E-state index in [4.69, 9.17) is 4.74 Å². The lowest BCUT2D eigenvalue weighted by atomic mass is 10.0. The molecule has 2 aliphatic rings. The van der Waals surface area contributed by atoms with Crippen molar-refractivity contribution in [3.05, 3.63) is 77.2 Å². The molecular weight excluding hydrogens is 402 g/mol. The van der Waals surface area contributed by atoms with E-state index in [1.807, 2.05) is 25.3 Å². The highest BCUT2D eigenvalue weighted by Crippen LogP contribution is 2.39. The molecule has 0 spiro atoms. The van der Waals surface area contributed by atoms with E-state index in [0.717, 1.165) is 59.1 Å². The van der Waals surface area contributed by atoms with Crippen LogP contribution in [0.4, 0.5) is 0 Å². The lowest BCUT2D eigenvalue weighted by Gasteiger charge is -2.22. The average Bonchev–Trinajstić information content (AvgIpc) is 3.37. The summed E-state index contributed by atoms with van der Waals surface area (Å²) < 4.78 is 6.08. The van der Waals surface area contributed by atoms with E-state index < -0.39 is 12.1 Å². The maximum absolute atomic E-state index is 12.1. The smallest absolute Gasteiger partial charge is 0.219 e. The van der Waals surface area contributed by atoms with Gasteiger partial charge in [0.15, 0.2) is 0 Å². The number of fused-ring (bicyclic) bond motifs is 1. The van der Waals surface area contributed by atoms with Crippen LogP contribution in [0.2, 0.25) is 0 Å². The van der Waals surface area contributed by atoms with Crippen LogP contribution in [-0.4, -0.2) is 38.5 Å². The maximum atomic E-state index is 12.1. The Morgan fingerprint density at radius 3 is 2.62 bits per heavy atom. The van der Waals surface area contributed by atoms with Crippen molar-refractivity contribution in [3.8, 4) is 17.0 Å². The zero-order valence-corrected chi connectivity index (χ0v) is 18.1. The summed E-state index contributed by atoms with van der Waals surface area (Å²) in [6.07, 6.45) is 6.31. The molecule has 1 aliphatic carbocycles. The average molecular weight is 430 g/mol. The van der Waals surface area contributed by atoms with Crippen molar-refractivity contribution in [2.75, 3.05) is 0 Å². The Kier molecular flexibility index (Phi) is 5.72. The Morgan fingerprint density at radius 1 is 1.09 bits per heavy atom. The molecule has 0 saturated heterocycles. The van der Waals surface area contributed by atoms with E-state index in [9.17, 15) is 9.90 Å². The quantitative estimate of drug-likeness (QED) is 0.597. The summed E-state index contributed by atoms with van der Waals surface area (Å²) in [7, 11) is 0. The number of rotatable bonds is 6. The summed E-state index contributed by atoms with van der Waals surface area (Å²) in [5.74, 6) is 0.483. The van der Waals surface area contributed by atoms with Gasteiger partial charge in [0, 0.05) is 36.7 Å². The molecule has 1 saturated carbocycles. The molecule has 2 aromatic heterocycles. The highest BCUT2D eigenvalue weighted by molar-refractivity contribution is 5.67. The predicted molar refractivity (Wildman–Crippen MR) is 121 cm³/mol. The van der Waals surface area contributed by atoms with Gasteiger partial charge < -0.3 is 14.6 Å². The molecule has 6 nitrogen and oxygen atoms in total. The number of nitrogens with zero attached hydrogens (tertiary/aromatic N) is 3. The summed E-state index contributed by atoms with van der Waals surface area (Å²) in [5.41, 5.74) is 6.32. The first-order chi connectivity index (χ1) is 15.6. The van der Waals surface area contributed by atoms with Crippen molar-refractivity contribution in [1.29, 1.82) is 0 Å². The van der Waals surface area contributed by atoms with Crippen LogP contribution in [0.5, 0.6) is 5.88 Å². The molecule has 3 aromatic rings. The van der Waals surface area contributed by atoms with Gasteiger partial charge in [0.25, 0.3) is 0 Å². The summed E-state index contributed by atoms with van der Waals surface area (Å²) in [6.45, 7) is 3.30. The third-order valence-corrected chi connectivity index (χ3v) is 6.49. The Hall–Kier alpha value is -3.09. The van der Waals surface area contributed by atoms with Gasteiger partial charge >= 0.3 is 0 Å². The highest BCUT2D eigenvalue weighted by Gasteiger charge is 2.36. The molecule has 1 N–H and O–H groups in total. The van der Waals surface area contributed by atoms with Crippen molar-refractivity contribution >= 4 is 6.29 Å². The Morgan fingerprint density at radius 2 is 1.91 bits per heavy atom. The predicted octanol–water partition coefficient (Wildman–Crippen LogP) is 4.00. The van der Waals surface area contributed by atoms with Gasteiger partial charge in [-0.15, -0.1) is 0 Å². The van der Waals surface area contributed by atoms with E-state index in [-0.39, 0.29) is 6.10 Å². The number of carbonyl (C=O) groups is 1. The van der Waals surface area contributed by atoms with E-state index in [1.165, 1.54) is 0 Å². The number of aldehydes is 1. The number of hydrogen-bond acceptors (Lipinski definition) is 6. The Labute approximate surface area is 187 Å². The largest absolute Gasteiger partial charge is 0.471 e. The zero-order chi connectivity index (χ0) is 22.1. The maximum Gasteiger partial charge on any atom is 0.219 e. The van der Waals surface area contributed by atoms with Crippen molar-refractivity contribution in [2.45, 2.75) is 57.5 Å². The first-order valence-electron chi connectivity index (χ1n) is 11.2. The summed E-state index contributed by atoms with van der Waals surface area (Å²) in [6, 6.07) is 14.1. The summed E-state index contributed by atoms with van der Waals surface area (Å²) in [4.78, 5) is 22.9. The first kappa shape index (κ1) is 20.8. The first-order valence-corrected chi connectivity index (χ1v) is 11.2. The van der Waals surface area contributed by atoms with E-state index >= 15 is 0 Å². The molecule has 5 rings (SSSR count). The van der Waals surface area contributed by atoms with Gasteiger partial charge in [0.05, 0.1) is 12.1 Å². The van der Waals surface area contributed by atoms with E-state index in [1.54, 1.807) is 6.20 Å². The van der Waals surface area contributed by atoms with Crippen molar-refractivity contribution in [1.82, 2.24) is 14.9 Å². The number of aryl methyl sites for hydroxylation is 1. The minimum atomic E-state index is -0.470. The second-order valence-electron chi connectivity index (χ2n) is 8.71. The van der Waals surface area contributed by atoms with Crippen molar-refractivity contribution in [3.63, 3.8) is 0 Å². The second kappa shape index (κ2) is 8.81. The van der Waals surface area contributed by atoms with Gasteiger partial charge in [-0.25, -0.2) is 4.98 Å². The van der Waals surface area contributed by atoms with Crippen LogP contribution in [0.25, 0.3) is 11.1 Å². The summed E-state index contributed by atoms with van der Waals surface area (Å²) in [5, 5.41) is 10.2. The number of carbonyl (C=O) groups excluding carboxylic acids is 1. The molecule has 0 bridgehead atoms. The number of benzene rings is 1.